The highest BCUT2D eigenvalue weighted by Gasteiger charge is 2.46. The molecule has 0 spiro atoms. The number of benzene rings is 1. The molecule has 6 nitrogen and oxygen atoms in total. The van der Waals surface area contributed by atoms with Gasteiger partial charge in [-0.15, -0.1) is 0 Å². The molecule has 0 bridgehead atoms. The predicted octanol–water partition coefficient (Wildman–Crippen LogP) is 3.00. The zero-order valence-electron chi connectivity index (χ0n) is 14.2. The molecular formula is C18H21NO5. The number of carbonyl (C=O) groups excluding carboxylic acids is 2. The normalized spacial score (nSPS) is 20.3. The third-order valence-corrected chi connectivity index (χ3v) is 4.10. The lowest BCUT2D eigenvalue weighted by molar-refractivity contribution is -0.150. The van der Waals surface area contributed by atoms with E-state index < -0.39 is 17.3 Å². The average Bonchev–Trinajstić information content (AvgIpc) is 2.53. The van der Waals surface area contributed by atoms with Crippen LogP contribution in [0.3, 0.4) is 0 Å². The number of rotatable bonds is 4. The fourth-order valence-corrected chi connectivity index (χ4v) is 2.84. The van der Waals surface area contributed by atoms with Crippen LogP contribution >= 0.6 is 0 Å². The van der Waals surface area contributed by atoms with Crippen molar-refractivity contribution in [2.75, 3.05) is 14.2 Å². The molecule has 0 amide bonds. The van der Waals surface area contributed by atoms with Crippen LogP contribution in [0.1, 0.15) is 20.3 Å². The van der Waals surface area contributed by atoms with Crippen LogP contribution in [0, 0.1) is 11.3 Å². The minimum absolute atomic E-state index is 0.0237. The Balaban J connectivity index is 2.45. The van der Waals surface area contributed by atoms with Gasteiger partial charge in [0.25, 0.3) is 0 Å². The van der Waals surface area contributed by atoms with Crippen LogP contribution in [0.4, 0.5) is 5.69 Å². The van der Waals surface area contributed by atoms with Crippen LogP contribution in [0.15, 0.2) is 40.6 Å². The Morgan fingerprint density at radius 3 is 2.62 bits per heavy atom. The molecule has 0 saturated carbocycles. The van der Waals surface area contributed by atoms with Crippen molar-refractivity contribution < 1.29 is 24.2 Å². The number of esters is 1. The molecule has 0 radical (unpaired) electrons. The lowest BCUT2D eigenvalue weighted by Gasteiger charge is -2.35. The van der Waals surface area contributed by atoms with Gasteiger partial charge in [0.05, 0.1) is 19.8 Å². The average molecular weight is 331 g/mol. The molecule has 0 heterocycles. The van der Waals surface area contributed by atoms with Gasteiger partial charge in [-0.2, -0.15) is 0 Å². The van der Waals surface area contributed by atoms with Crippen LogP contribution in [-0.2, 0) is 14.3 Å². The second kappa shape index (κ2) is 6.86. The topological polar surface area (TPSA) is 85.2 Å². The standard InChI is InChI=1S/C18H21NO5/c1-18(2)9-13(20)11(16(21)15(18)17(22)24-4)10-19-12-7-5-6-8-14(12)23-3/h5-8,10,15,21H,9H2,1-4H3/t15-/m1/s1. The largest absolute Gasteiger partial charge is 0.511 e. The molecular weight excluding hydrogens is 310 g/mol. The van der Waals surface area contributed by atoms with Crippen LogP contribution in [0.2, 0.25) is 0 Å². The zero-order valence-corrected chi connectivity index (χ0v) is 14.2. The number of nitrogens with zero attached hydrogens (tertiary/aromatic N) is 1. The SMILES string of the molecule is COC(=O)[C@H]1C(O)=C(C=Nc2ccccc2OC)C(=O)CC1(C)C. The number of carbonyl (C=O) groups is 2. The van der Waals surface area contributed by atoms with Crippen molar-refractivity contribution in [3.05, 3.63) is 35.6 Å². The van der Waals surface area contributed by atoms with E-state index >= 15 is 0 Å². The summed E-state index contributed by atoms with van der Waals surface area (Å²) in [7, 11) is 2.78. The van der Waals surface area contributed by atoms with Gasteiger partial charge in [0.1, 0.15) is 23.1 Å². The van der Waals surface area contributed by atoms with E-state index in [-0.39, 0.29) is 23.5 Å². The van der Waals surface area contributed by atoms with E-state index in [2.05, 4.69) is 4.99 Å². The Labute approximate surface area is 140 Å². The molecule has 0 fully saturated rings. The molecule has 1 aliphatic carbocycles. The van der Waals surface area contributed by atoms with Gasteiger partial charge < -0.3 is 14.6 Å². The maximum Gasteiger partial charge on any atom is 0.316 e. The number of allylic oxidation sites excluding steroid dienone is 1. The molecule has 1 aromatic rings. The highest BCUT2D eigenvalue weighted by molar-refractivity contribution is 6.15. The van der Waals surface area contributed by atoms with Gasteiger partial charge in [0.2, 0.25) is 0 Å². The van der Waals surface area contributed by atoms with Crippen molar-refractivity contribution in [2.24, 2.45) is 16.3 Å². The van der Waals surface area contributed by atoms with E-state index in [4.69, 9.17) is 9.47 Å². The first-order valence-corrected chi connectivity index (χ1v) is 7.53. The summed E-state index contributed by atoms with van der Waals surface area (Å²) in [6.07, 6.45) is 1.39. The van der Waals surface area contributed by atoms with Crippen LogP contribution in [0.25, 0.3) is 0 Å². The van der Waals surface area contributed by atoms with Crippen molar-refractivity contribution in [1.82, 2.24) is 0 Å². The lowest BCUT2D eigenvalue weighted by atomic mass is 9.68. The van der Waals surface area contributed by atoms with Crippen molar-refractivity contribution in [3.8, 4) is 5.75 Å². The number of aliphatic hydroxyl groups is 1. The number of hydrogen-bond acceptors (Lipinski definition) is 6. The Morgan fingerprint density at radius 1 is 1.33 bits per heavy atom. The van der Waals surface area contributed by atoms with Crippen molar-refractivity contribution >= 4 is 23.7 Å². The quantitative estimate of drug-likeness (QED) is 0.677. The fraction of sp³-hybridized carbons (Fsp3) is 0.389. The number of aliphatic imine (C=N–C) groups is 1. The summed E-state index contributed by atoms with van der Waals surface area (Å²) >= 11 is 0. The molecule has 1 N–H and O–H groups in total. The van der Waals surface area contributed by atoms with Gasteiger partial charge >= 0.3 is 5.97 Å². The molecule has 24 heavy (non-hydrogen) atoms. The number of methoxy groups -OCH3 is 2. The molecule has 0 unspecified atom stereocenters. The third kappa shape index (κ3) is 3.32. The van der Waals surface area contributed by atoms with E-state index in [1.807, 2.05) is 0 Å². The number of Topliss-reactive ketones (excluding diaryl/α,β-unsaturated/α-hetero) is 1. The van der Waals surface area contributed by atoms with Crippen molar-refractivity contribution in [2.45, 2.75) is 20.3 Å². The second-order valence-electron chi connectivity index (χ2n) is 6.27. The van der Waals surface area contributed by atoms with Gasteiger partial charge in [0.15, 0.2) is 5.78 Å². The van der Waals surface area contributed by atoms with Crippen LogP contribution < -0.4 is 4.74 Å². The van der Waals surface area contributed by atoms with Gasteiger partial charge in [-0.3, -0.25) is 14.6 Å². The molecule has 128 valence electrons. The highest BCUT2D eigenvalue weighted by atomic mass is 16.5. The molecule has 1 atom stereocenters. The maximum absolute atomic E-state index is 12.4. The second-order valence-corrected chi connectivity index (χ2v) is 6.27. The number of ketones is 1. The first kappa shape index (κ1) is 17.7. The minimum atomic E-state index is -0.903. The summed E-state index contributed by atoms with van der Waals surface area (Å²) in [6, 6.07) is 7.05. The molecule has 2 rings (SSSR count). The molecule has 0 saturated heterocycles. The van der Waals surface area contributed by atoms with E-state index in [1.54, 1.807) is 38.1 Å². The molecule has 1 aliphatic rings. The monoisotopic (exact) mass is 331 g/mol. The van der Waals surface area contributed by atoms with Gasteiger partial charge in [-0.05, 0) is 17.5 Å². The highest BCUT2D eigenvalue weighted by Crippen LogP contribution is 2.41. The Kier molecular flexibility index (Phi) is 5.07. The predicted molar refractivity (Wildman–Crippen MR) is 89.7 cm³/mol. The van der Waals surface area contributed by atoms with E-state index in [0.29, 0.717) is 11.4 Å². The third-order valence-electron chi connectivity index (χ3n) is 4.10. The van der Waals surface area contributed by atoms with Crippen molar-refractivity contribution in [3.63, 3.8) is 0 Å². The van der Waals surface area contributed by atoms with Crippen molar-refractivity contribution in [1.29, 1.82) is 0 Å². The Bertz CT molecular complexity index is 718. The van der Waals surface area contributed by atoms with E-state index in [1.165, 1.54) is 20.4 Å². The fourth-order valence-electron chi connectivity index (χ4n) is 2.84. The first-order chi connectivity index (χ1) is 11.3. The zero-order chi connectivity index (χ0) is 17.9. The molecule has 0 aromatic heterocycles. The number of aliphatic hydroxyl groups excluding tert-OH is 1. The van der Waals surface area contributed by atoms with E-state index in [9.17, 15) is 14.7 Å². The number of hydrogen-bond donors (Lipinski definition) is 1. The maximum atomic E-state index is 12.4. The van der Waals surface area contributed by atoms with Gasteiger partial charge in [0, 0.05) is 12.6 Å². The Morgan fingerprint density at radius 2 is 2.00 bits per heavy atom. The number of para-hydroxylation sites is 2. The minimum Gasteiger partial charge on any atom is -0.511 e. The van der Waals surface area contributed by atoms with E-state index in [0.717, 1.165) is 0 Å². The summed E-state index contributed by atoms with van der Waals surface area (Å²) in [5.74, 6) is -1.51. The molecule has 6 heteroatoms. The van der Waals surface area contributed by atoms with Crippen LogP contribution in [-0.4, -0.2) is 37.3 Å². The molecule has 0 aliphatic heterocycles. The summed E-state index contributed by atoms with van der Waals surface area (Å²) in [5, 5.41) is 10.5. The summed E-state index contributed by atoms with van der Waals surface area (Å²) in [4.78, 5) is 28.6. The lowest BCUT2D eigenvalue weighted by Crippen LogP contribution is -2.40. The van der Waals surface area contributed by atoms with Crippen LogP contribution in [0.5, 0.6) is 5.75 Å². The Hall–Kier alpha value is -2.63. The van der Waals surface area contributed by atoms with Gasteiger partial charge in [-0.1, -0.05) is 26.0 Å². The van der Waals surface area contributed by atoms with Gasteiger partial charge in [-0.25, -0.2) is 0 Å². The first-order valence-electron chi connectivity index (χ1n) is 7.53. The smallest absolute Gasteiger partial charge is 0.316 e. The summed E-state index contributed by atoms with van der Waals surface area (Å²) in [6.45, 7) is 3.49. The summed E-state index contributed by atoms with van der Waals surface area (Å²) in [5.41, 5.74) is -0.182. The number of ether oxygens (including phenoxy) is 2. The molecule has 1 aromatic carbocycles. The summed E-state index contributed by atoms with van der Waals surface area (Å²) < 4.78 is 9.97.